The predicted molar refractivity (Wildman–Crippen MR) is 91.7 cm³/mol. The van der Waals surface area contributed by atoms with Gasteiger partial charge in [0.05, 0.1) is 8.07 Å². The molecule has 2 aromatic carbocycles. The van der Waals surface area contributed by atoms with Crippen LogP contribution < -0.4 is 5.19 Å². The van der Waals surface area contributed by atoms with E-state index in [2.05, 4.69) is 73.8 Å². The fraction of sp³-hybridized carbons (Fsp3) is 0.368. The minimum Gasteiger partial charge on any atom is -0.396 e. The summed E-state index contributed by atoms with van der Waals surface area (Å²) in [4.78, 5) is 0. The lowest BCUT2D eigenvalue weighted by atomic mass is 10.1. The first kappa shape index (κ1) is 14.5. The van der Waals surface area contributed by atoms with Crippen LogP contribution in [0.2, 0.25) is 18.6 Å². The Hall–Kier alpha value is -1.38. The standard InChI is InChI=1S/C19H24OSi/c1-21(2,16-11-7-4-8-12-16)19(14-20)18-13-17(18)15-9-5-3-6-10-15/h3-12,17-20H,13-14H2,1-2H3/t17-,18+,19?/m1/s1. The summed E-state index contributed by atoms with van der Waals surface area (Å²) < 4.78 is 0. The molecule has 1 unspecified atom stereocenters. The molecule has 0 saturated heterocycles. The highest BCUT2D eigenvalue weighted by atomic mass is 28.3. The molecule has 2 aromatic rings. The molecule has 2 heteroatoms. The van der Waals surface area contributed by atoms with Crippen LogP contribution in [0.15, 0.2) is 60.7 Å². The predicted octanol–water partition coefficient (Wildman–Crippen LogP) is 3.77. The van der Waals surface area contributed by atoms with Gasteiger partial charge in [-0.3, -0.25) is 0 Å². The molecule has 3 atom stereocenters. The molecule has 1 aliphatic carbocycles. The summed E-state index contributed by atoms with van der Waals surface area (Å²) in [5.41, 5.74) is 1.89. The summed E-state index contributed by atoms with van der Waals surface area (Å²) in [7, 11) is -1.63. The zero-order chi connectivity index (χ0) is 14.9. The van der Waals surface area contributed by atoms with Crippen molar-refractivity contribution in [2.75, 3.05) is 6.61 Å². The van der Waals surface area contributed by atoms with Crippen LogP contribution in [-0.4, -0.2) is 19.8 Å². The van der Waals surface area contributed by atoms with Gasteiger partial charge in [-0.1, -0.05) is 78.9 Å². The van der Waals surface area contributed by atoms with Crippen molar-refractivity contribution in [2.24, 2.45) is 5.92 Å². The van der Waals surface area contributed by atoms with Crippen LogP contribution in [0.3, 0.4) is 0 Å². The summed E-state index contributed by atoms with van der Waals surface area (Å²) in [5.74, 6) is 1.30. The van der Waals surface area contributed by atoms with Crippen LogP contribution >= 0.6 is 0 Å². The average Bonchev–Trinajstić information content (AvgIpc) is 3.30. The van der Waals surface area contributed by atoms with Gasteiger partial charge in [0.1, 0.15) is 0 Å². The second kappa shape index (κ2) is 5.78. The zero-order valence-electron chi connectivity index (χ0n) is 12.9. The summed E-state index contributed by atoms with van der Waals surface area (Å²) in [6.45, 7) is 5.13. The van der Waals surface area contributed by atoms with E-state index in [1.165, 1.54) is 17.2 Å². The van der Waals surface area contributed by atoms with E-state index in [4.69, 9.17) is 0 Å². The molecular formula is C19H24OSi. The van der Waals surface area contributed by atoms with Crippen molar-refractivity contribution in [1.82, 2.24) is 0 Å². The molecule has 1 N–H and O–H groups in total. The Labute approximate surface area is 128 Å². The Morgan fingerprint density at radius 3 is 2.14 bits per heavy atom. The normalized spacial score (nSPS) is 22.8. The maximum Gasteiger partial charge on any atom is 0.0862 e. The molecule has 0 amide bonds. The maximum atomic E-state index is 10.0. The van der Waals surface area contributed by atoms with E-state index < -0.39 is 8.07 Å². The Kier molecular flexibility index (Phi) is 4.00. The van der Waals surface area contributed by atoms with E-state index >= 15 is 0 Å². The van der Waals surface area contributed by atoms with Gasteiger partial charge in [0.15, 0.2) is 0 Å². The number of rotatable bonds is 5. The van der Waals surface area contributed by atoms with Crippen molar-refractivity contribution in [1.29, 1.82) is 0 Å². The average molecular weight is 296 g/mol. The van der Waals surface area contributed by atoms with Crippen LogP contribution in [0, 0.1) is 5.92 Å². The minimum absolute atomic E-state index is 0.322. The minimum atomic E-state index is -1.63. The maximum absolute atomic E-state index is 10.0. The van der Waals surface area contributed by atoms with Crippen molar-refractivity contribution in [3.63, 3.8) is 0 Å². The third kappa shape index (κ3) is 2.83. The van der Waals surface area contributed by atoms with E-state index in [9.17, 15) is 5.11 Å². The highest BCUT2D eigenvalue weighted by Gasteiger charge is 2.49. The van der Waals surface area contributed by atoms with E-state index in [1.54, 1.807) is 0 Å². The number of hydrogen-bond acceptors (Lipinski definition) is 1. The molecule has 0 heterocycles. The Bertz CT molecular complexity index is 579. The summed E-state index contributed by atoms with van der Waals surface area (Å²) in [6.07, 6.45) is 1.23. The molecule has 0 spiro atoms. The Morgan fingerprint density at radius 2 is 1.57 bits per heavy atom. The van der Waals surface area contributed by atoms with Gasteiger partial charge in [-0.2, -0.15) is 0 Å². The van der Waals surface area contributed by atoms with E-state index in [1.807, 2.05) is 0 Å². The third-order valence-electron chi connectivity index (χ3n) is 5.23. The topological polar surface area (TPSA) is 20.2 Å². The number of aliphatic hydroxyl groups is 1. The van der Waals surface area contributed by atoms with Gasteiger partial charge in [-0.05, 0) is 29.4 Å². The van der Waals surface area contributed by atoms with Gasteiger partial charge in [0.25, 0.3) is 0 Å². The molecule has 1 aliphatic rings. The second-order valence-corrected chi connectivity index (χ2v) is 11.6. The molecule has 1 nitrogen and oxygen atoms in total. The van der Waals surface area contributed by atoms with Crippen molar-refractivity contribution in [3.05, 3.63) is 66.2 Å². The Balaban J connectivity index is 1.81. The quantitative estimate of drug-likeness (QED) is 0.833. The fourth-order valence-corrected chi connectivity index (χ4v) is 7.10. The van der Waals surface area contributed by atoms with Crippen molar-refractivity contribution >= 4 is 13.3 Å². The smallest absolute Gasteiger partial charge is 0.0862 e. The molecular weight excluding hydrogens is 272 g/mol. The lowest BCUT2D eigenvalue weighted by Crippen LogP contribution is -2.48. The van der Waals surface area contributed by atoms with Crippen molar-refractivity contribution in [2.45, 2.75) is 31.0 Å². The van der Waals surface area contributed by atoms with Crippen LogP contribution in [0.5, 0.6) is 0 Å². The van der Waals surface area contributed by atoms with Gasteiger partial charge in [0.2, 0.25) is 0 Å². The monoisotopic (exact) mass is 296 g/mol. The van der Waals surface area contributed by atoms with E-state index in [-0.39, 0.29) is 0 Å². The Morgan fingerprint density at radius 1 is 1.00 bits per heavy atom. The molecule has 0 bridgehead atoms. The zero-order valence-corrected chi connectivity index (χ0v) is 13.9. The molecule has 3 rings (SSSR count). The number of benzene rings is 2. The fourth-order valence-electron chi connectivity index (χ4n) is 3.72. The summed E-state index contributed by atoms with van der Waals surface area (Å²) in [5, 5.41) is 11.5. The van der Waals surface area contributed by atoms with Crippen molar-refractivity contribution < 1.29 is 5.11 Å². The number of hydrogen-bond donors (Lipinski definition) is 1. The van der Waals surface area contributed by atoms with Gasteiger partial charge in [-0.15, -0.1) is 0 Å². The molecule has 110 valence electrons. The van der Waals surface area contributed by atoms with Gasteiger partial charge >= 0.3 is 0 Å². The van der Waals surface area contributed by atoms with E-state index in [0.29, 0.717) is 24.0 Å². The van der Waals surface area contributed by atoms with Gasteiger partial charge < -0.3 is 5.11 Å². The second-order valence-electron chi connectivity index (χ2n) is 6.79. The first-order valence-corrected chi connectivity index (χ1v) is 10.9. The van der Waals surface area contributed by atoms with Gasteiger partial charge in [0, 0.05) is 6.61 Å². The SMILES string of the molecule is C[Si](C)(c1ccccc1)C(CO)[C@H]1C[C@@H]1c1ccccc1. The van der Waals surface area contributed by atoms with Crippen LogP contribution in [-0.2, 0) is 0 Å². The van der Waals surface area contributed by atoms with E-state index in [0.717, 1.165) is 0 Å². The summed E-state index contributed by atoms with van der Waals surface area (Å²) in [6, 6.07) is 21.6. The molecule has 0 aliphatic heterocycles. The molecule has 1 saturated carbocycles. The molecule has 0 aromatic heterocycles. The highest BCUT2D eigenvalue weighted by Crippen LogP contribution is 2.56. The van der Waals surface area contributed by atoms with Crippen LogP contribution in [0.25, 0.3) is 0 Å². The highest BCUT2D eigenvalue weighted by molar-refractivity contribution is 6.91. The molecule has 0 radical (unpaired) electrons. The summed E-state index contributed by atoms with van der Waals surface area (Å²) >= 11 is 0. The number of aliphatic hydroxyl groups excluding tert-OH is 1. The van der Waals surface area contributed by atoms with Crippen LogP contribution in [0.1, 0.15) is 17.9 Å². The van der Waals surface area contributed by atoms with Crippen molar-refractivity contribution in [3.8, 4) is 0 Å². The lowest BCUT2D eigenvalue weighted by molar-refractivity contribution is 0.275. The molecule has 21 heavy (non-hydrogen) atoms. The molecule has 1 fully saturated rings. The first-order valence-electron chi connectivity index (χ1n) is 7.86. The lowest BCUT2D eigenvalue weighted by Gasteiger charge is -2.32. The largest absolute Gasteiger partial charge is 0.396 e. The third-order valence-corrected chi connectivity index (χ3v) is 9.51. The first-order chi connectivity index (χ1) is 10.1. The van der Waals surface area contributed by atoms with Gasteiger partial charge in [-0.25, -0.2) is 0 Å². The van der Waals surface area contributed by atoms with Crippen LogP contribution in [0.4, 0.5) is 0 Å².